The third-order valence-electron chi connectivity index (χ3n) is 3.99. The zero-order valence-electron chi connectivity index (χ0n) is 13.1. The maximum atomic E-state index is 12.4. The molecule has 1 fully saturated rings. The van der Waals surface area contributed by atoms with Gasteiger partial charge in [0.2, 0.25) is 10.0 Å². The monoisotopic (exact) mass is 370 g/mol. The van der Waals surface area contributed by atoms with Crippen molar-refractivity contribution in [2.24, 2.45) is 0 Å². The highest BCUT2D eigenvalue weighted by atomic mass is 35.5. The molecule has 1 aliphatic heterocycles. The lowest BCUT2D eigenvalue weighted by molar-refractivity contribution is 0.135. The third-order valence-corrected chi connectivity index (χ3v) is 6.12. The second-order valence-electron chi connectivity index (χ2n) is 5.70. The lowest BCUT2D eigenvalue weighted by atomic mass is 10.1. The van der Waals surface area contributed by atoms with Crippen LogP contribution in [0.15, 0.2) is 30.5 Å². The van der Waals surface area contributed by atoms with Crippen molar-refractivity contribution in [2.75, 3.05) is 18.8 Å². The topological polar surface area (TPSA) is 88.2 Å². The molecule has 0 saturated carbocycles. The number of aromatic nitrogens is 3. The average molecular weight is 371 g/mol. The quantitative estimate of drug-likeness (QED) is 0.838. The highest BCUT2D eigenvalue weighted by Crippen LogP contribution is 2.22. The van der Waals surface area contributed by atoms with E-state index in [-0.39, 0.29) is 11.9 Å². The summed E-state index contributed by atoms with van der Waals surface area (Å²) in [6, 6.07) is 7.20. The number of benzene rings is 1. The van der Waals surface area contributed by atoms with Gasteiger partial charge in [-0.2, -0.15) is 15.4 Å². The molecule has 2 aromatic rings. The van der Waals surface area contributed by atoms with E-state index in [4.69, 9.17) is 16.3 Å². The van der Waals surface area contributed by atoms with Gasteiger partial charge in [0.25, 0.3) is 0 Å². The second kappa shape index (κ2) is 7.50. The molecular weight excluding hydrogens is 352 g/mol. The van der Waals surface area contributed by atoms with E-state index in [1.165, 1.54) is 4.31 Å². The van der Waals surface area contributed by atoms with Crippen molar-refractivity contribution < 1.29 is 13.2 Å². The van der Waals surface area contributed by atoms with Crippen LogP contribution < -0.4 is 4.74 Å². The highest BCUT2D eigenvalue weighted by Gasteiger charge is 2.28. The second-order valence-corrected chi connectivity index (χ2v) is 8.22. The Labute approximate surface area is 146 Å². The van der Waals surface area contributed by atoms with Gasteiger partial charge in [-0.3, -0.25) is 0 Å². The molecule has 1 aromatic carbocycles. The van der Waals surface area contributed by atoms with Crippen LogP contribution in [-0.4, -0.2) is 53.1 Å². The zero-order valence-corrected chi connectivity index (χ0v) is 14.6. The Morgan fingerprint density at radius 3 is 2.58 bits per heavy atom. The van der Waals surface area contributed by atoms with Gasteiger partial charge in [0.1, 0.15) is 11.9 Å². The number of H-pyrrole nitrogens is 1. The minimum atomic E-state index is -3.28. The van der Waals surface area contributed by atoms with Crippen molar-refractivity contribution in [3.05, 3.63) is 41.2 Å². The molecule has 1 saturated heterocycles. The fraction of sp³-hybridized carbons (Fsp3) is 0.467. The first-order chi connectivity index (χ1) is 11.5. The number of sulfonamides is 1. The average Bonchev–Trinajstić information content (AvgIpc) is 3.09. The first-order valence-electron chi connectivity index (χ1n) is 7.77. The molecule has 1 N–H and O–H groups in total. The fourth-order valence-electron chi connectivity index (χ4n) is 2.64. The number of piperidine rings is 1. The number of halogens is 1. The Kier molecular flexibility index (Phi) is 5.37. The molecule has 24 heavy (non-hydrogen) atoms. The van der Waals surface area contributed by atoms with Gasteiger partial charge in [-0.25, -0.2) is 12.7 Å². The van der Waals surface area contributed by atoms with Crippen LogP contribution in [0.25, 0.3) is 0 Å². The predicted octanol–water partition coefficient (Wildman–Crippen LogP) is 1.87. The van der Waals surface area contributed by atoms with E-state index >= 15 is 0 Å². The molecule has 3 rings (SSSR count). The molecule has 0 amide bonds. The molecule has 7 nitrogen and oxygen atoms in total. The Morgan fingerprint density at radius 2 is 1.96 bits per heavy atom. The number of aromatic amines is 1. The fourth-order valence-corrected chi connectivity index (χ4v) is 4.26. The highest BCUT2D eigenvalue weighted by molar-refractivity contribution is 7.89. The summed E-state index contributed by atoms with van der Waals surface area (Å²) in [7, 11) is -3.28. The Hall–Kier alpha value is -1.64. The van der Waals surface area contributed by atoms with Gasteiger partial charge in [-0.15, -0.1) is 0 Å². The molecule has 0 unspecified atom stereocenters. The number of aryl methyl sites for hydroxylation is 1. The Balaban J connectivity index is 1.49. The Morgan fingerprint density at radius 1 is 1.25 bits per heavy atom. The van der Waals surface area contributed by atoms with Crippen LogP contribution in [0.3, 0.4) is 0 Å². The van der Waals surface area contributed by atoms with Gasteiger partial charge in [0, 0.05) is 24.5 Å². The normalized spacial score (nSPS) is 17.0. The largest absolute Gasteiger partial charge is 0.490 e. The predicted molar refractivity (Wildman–Crippen MR) is 90.5 cm³/mol. The van der Waals surface area contributed by atoms with Crippen molar-refractivity contribution >= 4 is 21.6 Å². The van der Waals surface area contributed by atoms with Crippen molar-refractivity contribution in [1.82, 2.24) is 19.7 Å². The summed E-state index contributed by atoms with van der Waals surface area (Å²) in [6.07, 6.45) is 3.27. The van der Waals surface area contributed by atoms with Gasteiger partial charge in [0.05, 0.1) is 17.6 Å². The molecule has 1 aliphatic rings. The van der Waals surface area contributed by atoms with Gasteiger partial charge in [-0.05, 0) is 37.1 Å². The van der Waals surface area contributed by atoms with Crippen LogP contribution >= 0.6 is 11.6 Å². The first-order valence-corrected chi connectivity index (χ1v) is 9.76. The molecule has 1 aromatic heterocycles. The summed E-state index contributed by atoms with van der Waals surface area (Å²) in [4.78, 5) is 0. The minimum absolute atomic E-state index is 0.0214. The summed E-state index contributed by atoms with van der Waals surface area (Å²) < 4.78 is 32.2. The molecule has 0 bridgehead atoms. The van der Waals surface area contributed by atoms with Crippen LogP contribution in [0, 0.1) is 0 Å². The van der Waals surface area contributed by atoms with Crippen LogP contribution in [0.5, 0.6) is 5.75 Å². The van der Waals surface area contributed by atoms with Crippen molar-refractivity contribution in [3.8, 4) is 5.75 Å². The standard InChI is InChI=1S/C15H19ClN4O3S/c16-12-1-3-14(4-2-12)23-15-5-8-20(9-6-15)24(21,22)10-7-13-11-17-19-18-13/h1-4,11,15H,5-10H2,(H,17,18,19). The number of rotatable bonds is 6. The molecule has 9 heteroatoms. The van der Waals surface area contributed by atoms with E-state index in [1.807, 2.05) is 12.1 Å². The molecule has 0 spiro atoms. The van der Waals surface area contributed by atoms with Crippen molar-refractivity contribution in [3.63, 3.8) is 0 Å². The molecule has 0 radical (unpaired) electrons. The van der Waals surface area contributed by atoms with Gasteiger partial charge in [-0.1, -0.05) is 11.6 Å². The van der Waals surface area contributed by atoms with Gasteiger partial charge >= 0.3 is 0 Å². The van der Waals surface area contributed by atoms with Gasteiger partial charge < -0.3 is 4.74 Å². The van der Waals surface area contributed by atoms with Gasteiger partial charge in [0.15, 0.2) is 0 Å². The number of hydrogen-bond acceptors (Lipinski definition) is 5. The lowest BCUT2D eigenvalue weighted by Gasteiger charge is -2.31. The summed E-state index contributed by atoms with van der Waals surface area (Å²) >= 11 is 5.85. The smallest absolute Gasteiger partial charge is 0.214 e. The number of hydrogen-bond donors (Lipinski definition) is 1. The van der Waals surface area contributed by atoms with Crippen molar-refractivity contribution in [2.45, 2.75) is 25.4 Å². The van der Waals surface area contributed by atoms with E-state index in [0.29, 0.717) is 43.1 Å². The summed E-state index contributed by atoms with van der Waals surface area (Å²) in [5.74, 6) is 0.800. The molecule has 130 valence electrons. The van der Waals surface area contributed by atoms with E-state index in [2.05, 4.69) is 15.4 Å². The summed E-state index contributed by atoms with van der Waals surface area (Å²) in [5, 5.41) is 10.7. The van der Waals surface area contributed by atoms with Crippen LogP contribution in [0.2, 0.25) is 5.02 Å². The first kappa shape index (κ1) is 17.2. The maximum absolute atomic E-state index is 12.4. The van der Waals surface area contributed by atoms with Crippen molar-refractivity contribution in [1.29, 1.82) is 0 Å². The molecule has 0 aliphatic carbocycles. The summed E-state index contributed by atoms with van der Waals surface area (Å²) in [6.45, 7) is 0.943. The number of nitrogens with one attached hydrogen (secondary N) is 1. The third kappa shape index (κ3) is 4.46. The van der Waals surface area contributed by atoms with E-state index < -0.39 is 10.0 Å². The van der Waals surface area contributed by atoms with E-state index in [9.17, 15) is 8.42 Å². The Bertz CT molecular complexity index is 742. The summed E-state index contributed by atoms with van der Waals surface area (Å²) in [5.41, 5.74) is 0.652. The maximum Gasteiger partial charge on any atom is 0.214 e. The number of ether oxygens (including phenoxy) is 1. The zero-order chi connectivity index (χ0) is 17.0. The SMILES string of the molecule is O=S(=O)(CCc1cn[nH]n1)N1CCC(Oc2ccc(Cl)cc2)CC1. The van der Waals surface area contributed by atoms with E-state index in [0.717, 1.165) is 5.75 Å². The minimum Gasteiger partial charge on any atom is -0.490 e. The number of nitrogens with zero attached hydrogens (tertiary/aromatic N) is 3. The van der Waals surface area contributed by atoms with Crippen LogP contribution in [0.1, 0.15) is 18.5 Å². The molecular formula is C15H19ClN4O3S. The molecule has 2 heterocycles. The van der Waals surface area contributed by atoms with Crippen LogP contribution in [-0.2, 0) is 16.4 Å². The lowest BCUT2D eigenvalue weighted by Crippen LogP contribution is -2.43. The van der Waals surface area contributed by atoms with E-state index in [1.54, 1.807) is 18.3 Å². The van der Waals surface area contributed by atoms with Crippen LogP contribution in [0.4, 0.5) is 0 Å². The molecule has 0 atom stereocenters.